The molecule has 2 aliphatic heterocycles. The Labute approximate surface area is 240 Å². The van der Waals surface area contributed by atoms with Gasteiger partial charge in [0.2, 0.25) is 11.7 Å². The number of halogens is 1. The number of carbonyl (C=O) groups excluding carboxylic acids is 4. The second kappa shape index (κ2) is 12.3. The first-order valence-electron chi connectivity index (χ1n) is 13.5. The molecule has 1 aromatic carbocycles. The van der Waals surface area contributed by atoms with E-state index in [0.717, 1.165) is 0 Å². The van der Waals surface area contributed by atoms with Crippen LogP contribution in [0.5, 0.6) is 0 Å². The summed E-state index contributed by atoms with van der Waals surface area (Å²) in [5.74, 6) is -0.844. The summed E-state index contributed by atoms with van der Waals surface area (Å²) in [6.45, 7) is 3.58. The zero-order valence-electron chi connectivity index (χ0n) is 23.2. The van der Waals surface area contributed by atoms with Crippen molar-refractivity contribution in [2.24, 2.45) is 0 Å². The highest BCUT2D eigenvalue weighted by atomic mass is 19.1. The maximum atomic E-state index is 15.2. The van der Waals surface area contributed by atoms with E-state index in [1.807, 2.05) is 4.90 Å². The number of fused-ring (bicyclic) bond motifs is 1. The van der Waals surface area contributed by atoms with Crippen LogP contribution < -0.4 is 20.4 Å². The van der Waals surface area contributed by atoms with E-state index in [9.17, 15) is 19.2 Å². The molecule has 2 N–H and O–H groups in total. The van der Waals surface area contributed by atoms with Crippen LogP contribution in [0.3, 0.4) is 0 Å². The standard InChI is InChI=1S/C27H31FN8O6/c1-17(31-23(37)21-16-35-9-3-7-29-25(35)32-21)24(38)34-12-10-33(11-13-34)22-5-4-18(14-20(22)28)36-15-19(42-27(36)40)6-8-30-26(39)41-2/h3-5,7,9,14,16-17,19H,6,8,10-13,15H2,1-2H3,(H,30,39)(H,31,37)/t17-,19-/m0/s1. The molecule has 2 fully saturated rings. The summed E-state index contributed by atoms with van der Waals surface area (Å²) in [7, 11) is 1.26. The maximum absolute atomic E-state index is 15.2. The van der Waals surface area contributed by atoms with Crippen LogP contribution in [0.1, 0.15) is 23.8 Å². The molecule has 0 unspecified atom stereocenters. The van der Waals surface area contributed by atoms with Crippen molar-refractivity contribution in [1.82, 2.24) is 29.9 Å². The van der Waals surface area contributed by atoms with Crippen LogP contribution in [0.25, 0.3) is 5.78 Å². The molecule has 2 saturated heterocycles. The van der Waals surface area contributed by atoms with Gasteiger partial charge in [-0.05, 0) is 31.2 Å². The van der Waals surface area contributed by atoms with Crippen molar-refractivity contribution in [3.63, 3.8) is 0 Å². The molecule has 42 heavy (non-hydrogen) atoms. The number of anilines is 2. The van der Waals surface area contributed by atoms with Crippen molar-refractivity contribution >= 4 is 41.2 Å². The Morgan fingerprint density at radius 3 is 2.71 bits per heavy atom. The van der Waals surface area contributed by atoms with Crippen LogP contribution in [0.2, 0.25) is 0 Å². The van der Waals surface area contributed by atoms with Crippen molar-refractivity contribution in [1.29, 1.82) is 0 Å². The van der Waals surface area contributed by atoms with Crippen LogP contribution in [0.15, 0.2) is 42.9 Å². The van der Waals surface area contributed by atoms with Crippen molar-refractivity contribution < 1.29 is 33.0 Å². The van der Waals surface area contributed by atoms with Crippen molar-refractivity contribution in [3.8, 4) is 0 Å². The summed E-state index contributed by atoms with van der Waals surface area (Å²) in [5.41, 5.74) is 0.883. The Kier molecular flexibility index (Phi) is 8.36. The predicted octanol–water partition coefficient (Wildman–Crippen LogP) is 1.41. The van der Waals surface area contributed by atoms with E-state index in [1.165, 1.54) is 18.1 Å². The Morgan fingerprint density at radius 1 is 1.21 bits per heavy atom. The number of nitrogens with zero attached hydrogens (tertiary/aromatic N) is 6. The smallest absolute Gasteiger partial charge is 0.414 e. The van der Waals surface area contributed by atoms with Gasteiger partial charge in [0.1, 0.15) is 23.7 Å². The van der Waals surface area contributed by atoms with Crippen LogP contribution in [0.4, 0.5) is 25.4 Å². The van der Waals surface area contributed by atoms with Gasteiger partial charge in [-0.1, -0.05) is 0 Å². The summed E-state index contributed by atoms with van der Waals surface area (Å²) in [4.78, 5) is 62.3. The fraction of sp³-hybridized carbons (Fsp3) is 0.407. The van der Waals surface area contributed by atoms with E-state index in [-0.39, 0.29) is 24.7 Å². The minimum absolute atomic E-state index is 0.158. The minimum atomic E-state index is -0.780. The van der Waals surface area contributed by atoms with E-state index in [0.29, 0.717) is 49.8 Å². The number of hydrogen-bond donors (Lipinski definition) is 2. The monoisotopic (exact) mass is 582 g/mol. The molecule has 5 rings (SSSR count). The highest BCUT2D eigenvalue weighted by molar-refractivity contribution is 5.96. The highest BCUT2D eigenvalue weighted by Gasteiger charge is 2.33. The summed E-state index contributed by atoms with van der Waals surface area (Å²) < 4.78 is 26.7. The van der Waals surface area contributed by atoms with E-state index >= 15 is 4.39 Å². The number of methoxy groups -OCH3 is 1. The van der Waals surface area contributed by atoms with Crippen molar-refractivity contribution in [3.05, 3.63) is 54.4 Å². The first kappa shape index (κ1) is 28.6. The molecule has 0 bridgehead atoms. The lowest BCUT2D eigenvalue weighted by Crippen LogP contribution is -2.54. The quantitative estimate of drug-likeness (QED) is 0.402. The SMILES string of the molecule is COC(=O)NCC[C@H]1CN(c2ccc(N3CCN(C(=O)[C@H](C)NC(=O)c4cn5cccnc5n4)CC3)c(F)c2)C(=O)O1. The lowest BCUT2D eigenvalue weighted by atomic mass is 10.2. The zero-order valence-corrected chi connectivity index (χ0v) is 23.2. The number of carbonyl (C=O) groups is 4. The molecule has 0 aliphatic carbocycles. The third-order valence-electron chi connectivity index (χ3n) is 7.16. The molecule has 4 amide bonds. The molecule has 4 heterocycles. The van der Waals surface area contributed by atoms with Crippen LogP contribution in [-0.4, -0.2) is 102 Å². The fourth-order valence-corrected chi connectivity index (χ4v) is 4.92. The molecule has 2 aliphatic rings. The fourth-order valence-electron chi connectivity index (χ4n) is 4.92. The number of benzene rings is 1. The molecule has 15 heteroatoms. The Balaban J connectivity index is 1.12. The zero-order chi connectivity index (χ0) is 29.8. The number of ether oxygens (including phenoxy) is 2. The van der Waals surface area contributed by atoms with Gasteiger partial charge in [0, 0.05) is 57.7 Å². The number of imidazole rings is 1. The molecule has 0 saturated carbocycles. The molecule has 14 nitrogen and oxygen atoms in total. The minimum Gasteiger partial charge on any atom is -0.453 e. The largest absolute Gasteiger partial charge is 0.453 e. The van der Waals surface area contributed by atoms with Gasteiger partial charge in [0.05, 0.1) is 25.0 Å². The molecule has 2 atom stereocenters. The maximum Gasteiger partial charge on any atom is 0.414 e. The Bertz CT molecular complexity index is 1460. The number of rotatable bonds is 8. The number of aromatic nitrogens is 3. The molecule has 222 valence electrons. The number of nitrogens with one attached hydrogen (secondary N) is 2. The summed E-state index contributed by atoms with van der Waals surface area (Å²) in [6.07, 6.45) is 3.62. The van der Waals surface area contributed by atoms with Gasteiger partial charge in [-0.2, -0.15) is 0 Å². The molecule has 0 spiro atoms. The summed E-state index contributed by atoms with van der Waals surface area (Å²) in [6, 6.07) is 5.48. The molecular formula is C27H31FN8O6. The molecular weight excluding hydrogens is 551 g/mol. The first-order valence-corrected chi connectivity index (χ1v) is 13.5. The third kappa shape index (κ3) is 6.19. The predicted molar refractivity (Wildman–Crippen MR) is 148 cm³/mol. The Morgan fingerprint density at radius 2 is 2.00 bits per heavy atom. The normalized spacial score (nSPS) is 17.6. The van der Waals surface area contributed by atoms with Gasteiger partial charge in [0.25, 0.3) is 5.91 Å². The third-order valence-corrected chi connectivity index (χ3v) is 7.16. The first-order chi connectivity index (χ1) is 20.2. The molecule has 2 aromatic heterocycles. The van der Waals surface area contributed by atoms with Gasteiger partial charge in [-0.15, -0.1) is 0 Å². The van der Waals surface area contributed by atoms with Gasteiger partial charge in [-0.25, -0.2) is 23.9 Å². The van der Waals surface area contributed by atoms with Gasteiger partial charge in [0.15, 0.2) is 0 Å². The number of piperazine rings is 1. The van der Waals surface area contributed by atoms with Crippen LogP contribution >= 0.6 is 0 Å². The average molecular weight is 583 g/mol. The average Bonchev–Trinajstić information content (AvgIpc) is 3.60. The van der Waals surface area contributed by atoms with Crippen LogP contribution in [0, 0.1) is 5.82 Å². The second-order valence-electron chi connectivity index (χ2n) is 9.92. The van der Waals surface area contributed by atoms with E-state index in [1.54, 1.807) is 53.0 Å². The number of hydrogen-bond acceptors (Lipinski definition) is 9. The topological polar surface area (TPSA) is 151 Å². The van der Waals surface area contributed by atoms with Crippen molar-refractivity contribution in [2.75, 3.05) is 56.2 Å². The molecule has 0 radical (unpaired) electrons. The van der Waals surface area contributed by atoms with E-state index in [4.69, 9.17) is 4.74 Å². The number of alkyl carbamates (subject to hydrolysis) is 1. The van der Waals surface area contributed by atoms with Gasteiger partial charge >= 0.3 is 12.2 Å². The molecule has 3 aromatic rings. The summed E-state index contributed by atoms with van der Waals surface area (Å²) >= 11 is 0. The van der Waals surface area contributed by atoms with E-state index in [2.05, 4.69) is 25.3 Å². The van der Waals surface area contributed by atoms with Gasteiger partial charge < -0.3 is 29.9 Å². The van der Waals surface area contributed by atoms with Crippen LogP contribution in [-0.2, 0) is 14.3 Å². The lowest BCUT2D eigenvalue weighted by molar-refractivity contribution is -0.133. The van der Waals surface area contributed by atoms with Crippen molar-refractivity contribution in [2.45, 2.75) is 25.5 Å². The number of amides is 4. The second-order valence-corrected chi connectivity index (χ2v) is 9.92. The number of cyclic esters (lactones) is 1. The highest BCUT2D eigenvalue weighted by Crippen LogP contribution is 2.29. The summed E-state index contributed by atoms with van der Waals surface area (Å²) in [5, 5.41) is 5.22. The Hall–Kier alpha value is -4.95. The lowest BCUT2D eigenvalue weighted by Gasteiger charge is -2.37. The van der Waals surface area contributed by atoms with E-state index < -0.39 is 36.1 Å². The van der Waals surface area contributed by atoms with Gasteiger partial charge in [-0.3, -0.25) is 18.9 Å².